The summed E-state index contributed by atoms with van der Waals surface area (Å²) < 4.78 is 1.75. The highest BCUT2D eigenvalue weighted by Gasteiger charge is 2.27. The van der Waals surface area contributed by atoms with Crippen LogP contribution in [0.1, 0.15) is 37.2 Å². The highest BCUT2D eigenvalue weighted by Crippen LogP contribution is 2.28. The van der Waals surface area contributed by atoms with Crippen LogP contribution < -0.4 is 5.73 Å². The van der Waals surface area contributed by atoms with Crippen LogP contribution in [0.15, 0.2) is 60.8 Å². The van der Waals surface area contributed by atoms with Crippen LogP contribution in [0.2, 0.25) is 5.02 Å². The second-order valence-corrected chi connectivity index (χ2v) is 9.79. The van der Waals surface area contributed by atoms with E-state index in [1.807, 2.05) is 54.7 Å². The monoisotopic (exact) mass is 517 g/mol. The van der Waals surface area contributed by atoms with Gasteiger partial charge in [-0.25, -0.2) is 9.67 Å². The SMILES string of the molecule is C[C@H](c1cccc(Cn2cc(-c3cc(N)nc(-c4cccc(Cl)c4)c3)nn2)n1)N1CCC(C(=O)O)CC1. The van der Waals surface area contributed by atoms with Gasteiger partial charge < -0.3 is 10.8 Å². The topological polar surface area (TPSA) is 123 Å². The van der Waals surface area contributed by atoms with Gasteiger partial charge in [-0.05, 0) is 69.3 Å². The maximum atomic E-state index is 11.3. The van der Waals surface area contributed by atoms with Gasteiger partial charge in [0, 0.05) is 22.2 Å². The molecule has 0 aliphatic carbocycles. The molecule has 1 atom stereocenters. The lowest BCUT2D eigenvalue weighted by Gasteiger charge is -2.34. The van der Waals surface area contributed by atoms with Crippen molar-refractivity contribution in [3.8, 4) is 22.5 Å². The van der Waals surface area contributed by atoms with E-state index in [0.717, 1.165) is 35.6 Å². The minimum absolute atomic E-state index is 0.103. The summed E-state index contributed by atoms with van der Waals surface area (Å²) in [5, 5.41) is 18.5. The Hall–Kier alpha value is -3.82. The number of anilines is 1. The second-order valence-electron chi connectivity index (χ2n) is 9.36. The van der Waals surface area contributed by atoms with Crippen molar-refractivity contribution in [2.24, 2.45) is 5.92 Å². The molecule has 3 aromatic heterocycles. The van der Waals surface area contributed by atoms with Crippen LogP contribution in [-0.4, -0.2) is 54.0 Å². The Morgan fingerprint density at radius 3 is 2.62 bits per heavy atom. The number of halogens is 1. The fourth-order valence-electron chi connectivity index (χ4n) is 4.71. The smallest absolute Gasteiger partial charge is 0.306 e. The lowest BCUT2D eigenvalue weighted by atomic mass is 9.95. The Kier molecular flexibility index (Phi) is 7.16. The molecule has 1 aromatic carbocycles. The predicted octanol–water partition coefficient (Wildman–Crippen LogP) is 4.54. The van der Waals surface area contributed by atoms with E-state index in [2.05, 4.69) is 27.1 Å². The number of piperidine rings is 1. The van der Waals surface area contributed by atoms with Gasteiger partial charge in [0.1, 0.15) is 11.5 Å². The van der Waals surface area contributed by atoms with Crippen LogP contribution in [-0.2, 0) is 11.3 Å². The van der Waals surface area contributed by atoms with Crippen molar-refractivity contribution in [2.45, 2.75) is 32.4 Å². The van der Waals surface area contributed by atoms with Crippen molar-refractivity contribution in [1.29, 1.82) is 0 Å². The first kappa shape index (κ1) is 24.9. The molecule has 4 aromatic rings. The molecule has 0 spiro atoms. The van der Waals surface area contributed by atoms with Crippen molar-refractivity contribution in [3.63, 3.8) is 0 Å². The Bertz CT molecular complexity index is 1420. The molecule has 5 rings (SSSR count). The molecular formula is C27H28ClN7O2. The van der Waals surface area contributed by atoms with Crippen LogP contribution in [0.25, 0.3) is 22.5 Å². The Labute approximate surface area is 219 Å². The van der Waals surface area contributed by atoms with Crippen molar-refractivity contribution < 1.29 is 9.90 Å². The molecule has 1 aliphatic rings. The van der Waals surface area contributed by atoms with Gasteiger partial charge in [-0.15, -0.1) is 5.10 Å². The fourth-order valence-corrected chi connectivity index (χ4v) is 4.90. The summed E-state index contributed by atoms with van der Waals surface area (Å²) in [6.45, 7) is 4.09. The fraction of sp³-hybridized carbons (Fsp3) is 0.296. The number of nitrogens with two attached hydrogens (primary N) is 1. The van der Waals surface area contributed by atoms with E-state index in [1.54, 1.807) is 10.7 Å². The van der Waals surface area contributed by atoms with Gasteiger partial charge in [-0.1, -0.05) is 35.0 Å². The van der Waals surface area contributed by atoms with Crippen LogP contribution in [0, 0.1) is 5.92 Å². The number of benzene rings is 1. The molecule has 37 heavy (non-hydrogen) atoms. The predicted molar refractivity (Wildman–Crippen MR) is 142 cm³/mol. The molecule has 190 valence electrons. The van der Waals surface area contributed by atoms with Gasteiger partial charge in [0.05, 0.1) is 35.7 Å². The summed E-state index contributed by atoms with van der Waals surface area (Å²) in [5.74, 6) is -0.561. The number of carbonyl (C=O) groups is 1. The molecule has 3 N–H and O–H groups in total. The van der Waals surface area contributed by atoms with E-state index in [9.17, 15) is 9.90 Å². The number of carboxylic acids is 1. The molecule has 0 bridgehead atoms. The normalized spacial score (nSPS) is 15.5. The molecule has 1 aliphatic heterocycles. The van der Waals surface area contributed by atoms with Gasteiger partial charge in [0.15, 0.2) is 0 Å². The number of hydrogen-bond acceptors (Lipinski definition) is 7. The second kappa shape index (κ2) is 10.7. The highest BCUT2D eigenvalue weighted by molar-refractivity contribution is 6.30. The Morgan fingerprint density at radius 1 is 1.08 bits per heavy atom. The number of pyridine rings is 2. The maximum Gasteiger partial charge on any atom is 0.306 e. The molecule has 4 heterocycles. The first-order chi connectivity index (χ1) is 17.9. The van der Waals surface area contributed by atoms with Crippen molar-refractivity contribution in [3.05, 3.63) is 77.2 Å². The summed E-state index contributed by atoms with van der Waals surface area (Å²) in [4.78, 5) is 22.9. The van der Waals surface area contributed by atoms with Gasteiger partial charge in [0.25, 0.3) is 0 Å². The third-order valence-electron chi connectivity index (χ3n) is 6.81. The van der Waals surface area contributed by atoms with E-state index < -0.39 is 5.97 Å². The number of nitrogens with zero attached hydrogens (tertiary/aromatic N) is 6. The zero-order chi connectivity index (χ0) is 25.9. The largest absolute Gasteiger partial charge is 0.481 e. The number of likely N-dealkylation sites (tertiary alicyclic amines) is 1. The summed E-state index contributed by atoms with van der Waals surface area (Å²) in [6, 6.07) is 17.2. The maximum absolute atomic E-state index is 11.3. The van der Waals surface area contributed by atoms with Crippen molar-refractivity contribution in [2.75, 3.05) is 18.8 Å². The number of hydrogen-bond donors (Lipinski definition) is 2. The van der Waals surface area contributed by atoms with Gasteiger partial charge >= 0.3 is 5.97 Å². The van der Waals surface area contributed by atoms with Crippen LogP contribution in [0.5, 0.6) is 0 Å². The number of carboxylic acid groups (broad SMARTS) is 1. The molecule has 0 amide bonds. The van der Waals surface area contributed by atoms with E-state index in [1.165, 1.54) is 0 Å². The first-order valence-corrected chi connectivity index (χ1v) is 12.6. The quantitative estimate of drug-likeness (QED) is 0.366. The lowest BCUT2D eigenvalue weighted by Crippen LogP contribution is -2.38. The number of aromatic nitrogens is 5. The lowest BCUT2D eigenvalue weighted by molar-refractivity contribution is -0.143. The summed E-state index contributed by atoms with van der Waals surface area (Å²) in [5.41, 5.74) is 11.0. The van der Waals surface area contributed by atoms with Gasteiger partial charge in [-0.2, -0.15) is 0 Å². The summed E-state index contributed by atoms with van der Waals surface area (Å²) in [6.07, 6.45) is 3.20. The molecule has 1 fully saturated rings. The summed E-state index contributed by atoms with van der Waals surface area (Å²) in [7, 11) is 0. The Morgan fingerprint density at radius 2 is 1.86 bits per heavy atom. The minimum Gasteiger partial charge on any atom is -0.481 e. The third kappa shape index (κ3) is 5.79. The van der Waals surface area contributed by atoms with Crippen LogP contribution in [0.4, 0.5) is 5.82 Å². The number of aliphatic carboxylic acids is 1. The third-order valence-corrected chi connectivity index (χ3v) is 7.04. The number of rotatable bonds is 7. The van der Waals surface area contributed by atoms with E-state index in [4.69, 9.17) is 22.3 Å². The molecule has 1 saturated heterocycles. The summed E-state index contributed by atoms with van der Waals surface area (Å²) >= 11 is 6.15. The van der Waals surface area contributed by atoms with E-state index in [-0.39, 0.29) is 12.0 Å². The van der Waals surface area contributed by atoms with Gasteiger partial charge in [-0.3, -0.25) is 14.7 Å². The van der Waals surface area contributed by atoms with E-state index >= 15 is 0 Å². The minimum atomic E-state index is -0.699. The van der Waals surface area contributed by atoms with E-state index in [0.29, 0.717) is 41.6 Å². The average molecular weight is 518 g/mol. The standard InChI is InChI=1S/C27H28ClN7O2/c1-17(34-10-8-18(9-11-34)27(36)37)23-7-3-6-22(30-23)15-35-16-25(32-33-35)20-13-24(31-26(29)14-20)19-4-2-5-21(28)12-19/h2-7,12-14,16-18H,8-11,15H2,1H3,(H2,29,31)(H,36,37)/t17-/m1/s1. The Balaban J connectivity index is 1.30. The first-order valence-electron chi connectivity index (χ1n) is 12.2. The molecule has 0 radical (unpaired) electrons. The van der Waals surface area contributed by atoms with Crippen molar-refractivity contribution >= 4 is 23.4 Å². The highest BCUT2D eigenvalue weighted by atomic mass is 35.5. The molecule has 0 saturated carbocycles. The van der Waals surface area contributed by atoms with Crippen molar-refractivity contribution in [1.82, 2.24) is 29.9 Å². The molecular weight excluding hydrogens is 490 g/mol. The molecule has 9 nitrogen and oxygen atoms in total. The van der Waals surface area contributed by atoms with Crippen LogP contribution >= 0.6 is 11.6 Å². The average Bonchev–Trinajstić information content (AvgIpc) is 3.36. The molecule has 10 heteroatoms. The van der Waals surface area contributed by atoms with Crippen LogP contribution in [0.3, 0.4) is 0 Å². The number of nitrogen functional groups attached to an aromatic ring is 1. The molecule has 0 unspecified atom stereocenters. The zero-order valence-electron chi connectivity index (χ0n) is 20.5. The zero-order valence-corrected chi connectivity index (χ0v) is 21.2. The van der Waals surface area contributed by atoms with Gasteiger partial charge in [0.2, 0.25) is 0 Å².